The number of likely N-dealkylation sites (N-methyl/N-ethyl adjacent to an activating group) is 1. The summed E-state index contributed by atoms with van der Waals surface area (Å²) in [5, 5.41) is 0. The summed E-state index contributed by atoms with van der Waals surface area (Å²) >= 11 is 0. The fourth-order valence-electron chi connectivity index (χ4n) is 2.87. The molecule has 0 radical (unpaired) electrons. The third kappa shape index (κ3) is 3.53. The summed E-state index contributed by atoms with van der Waals surface area (Å²) < 4.78 is 0. The van der Waals surface area contributed by atoms with Crippen molar-refractivity contribution >= 4 is 5.91 Å². The average molecular weight is 261 g/mol. The Kier molecular flexibility index (Phi) is 4.91. The van der Waals surface area contributed by atoms with E-state index in [0.717, 1.165) is 37.9 Å². The predicted octanol–water partition coefficient (Wildman–Crippen LogP) is 1.46. The van der Waals surface area contributed by atoms with Crippen LogP contribution in [-0.2, 0) is 11.2 Å². The van der Waals surface area contributed by atoms with Crippen LogP contribution in [0.1, 0.15) is 25.0 Å². The van der Waals surface area contributed by atoms with Crippen molar-refractivity contribution in [2.45, 2.75) is 25.7 Å². The van der Waals surface area contributed by atoms with Gasteiger partial charge >= 0.3 is 0 Å². The van der Waals surface area contributed by atoms with Crippen LogP contribution >= 0.6 is 0 Å². The van der Waals surface area contributed by atoms with E-state index in [1.165, 1.54) is 0 Å². The fraction of sp³-hybridized carbons (Fsp3) is 0.600. The Bertz CT molecular complexity index is 407. The van der Waals surface area contributed by atoms with Crippen LogP contribution in [0.3, 0.4) is 0 Å². The second kappa shape index (κ2) is 6.66. The summed E-state index contributed by atoms with van der Waals surface area (Å²) in [6, 6.07) is 5.88. The zero-order valence-electron chi connectivity index (χ0n) is 11.6. The molecule has 0 aromatic carbocycles. The molecule has 0 aliphatic heterocycles. The molecule has 1 fully saturated rings. The molecule has 2 unspecified atom stereocenters. The molecule has 2 atom stereocenters. The van der Waals surface area contributed by atoms with Crippen molar-refractivity contribution in [1.82, 2.24) is 9.88 Å². The monoisotopic (exact) mass is 261 g/mol. The lowest BCUT2D eigenvalue weighted by Gasteiger charge is -2.24. The average Bonchev–Trinajstić information content (AvgIpc) is 2.93. The van der Waals surface area contributed by atoms with Crippen LogP contribution in [-0.4, -0.2) is 35.9 Å². The van der Waals surface area contributed by atoms with Gasteiger partial charge in [-0.1, -0.05) is 12.5 Å². The summed E-state index contributed by atoms with van der Waals surface area (Å²) in [6.07, 6.45) is 5.82. The Balaban J connectivity index is 1.85. The lowest BCUT2D eigenvalue weighted by Crippen LogP contribution is -2.37. The SMILES string of the molecule is CN(CCc1ccccn1)C(=O)C1CCCC1CN. The highest BCUT2D eigenvalue weighted by Crippen LogP contribution is 2.32. The molecule has 1 heterocycles. The highest BCUT2D eigenvalue weighted by molar-refractivity contribution is 5.79. The number of nitrogens with zero attached hydrogens (tertiary/aromatic N) is 2. The maximum absolute atomic E-state index is 12.4. The van der Waals surface area contributed by atoms with Crippen LogP contribution < -0.4 is 5.73 Å². The molecule has 4 nitrogen and oxygen atoms in total. The Labute approximate surface area is 115 Å². The highest BCUT2D eigenvalue weighted by atomic mass is 16.2. The molecule has 2 N–H and O–H groups in total. The van der Waals surface area contributed by atoms with Gasteiger partial charge in [-0.3, -0.25) is 9.78 Å². The van der Waals surface area contributed by atoms with Crippen molar-refractivity contribution in [2.75, 3.05) is 20.1 Å². The number of pyridine rings is 1. The van der Waals surface area contributed by atoms with E-state index in [4.69, 9.17) is 5.73 Å². The molecule has 1 aromatic rings. The molecule has 1 aromatic heterocycles. The Morgan fingerprint density at radius 2 is 2.32 bits per heavy atom. The second-order valence-electron chi connectivity index (χ2n) is 5.36. The minimum absolute atomic E-state index is 0.138. The van der Waals surface area contributed by atoms with Crippen molar-refractivity contribution in [1.29, 1.82) is 0 Å². The maximum Gasteiger partial charge on any atom is 0.225 e. The standard InChI is InChI=1S/C15H23N3O/c1-18(10-8-13-6-2-3-9-17-13)15(19)14-7-4-5-12(14)11-16/h2-3,6,9,12,14H,4-5,7-8,10-11,16H2,1H3. The van der Waals surface area contributed by atoms with Crippen molar-refractivity contribution in [3.63, 3.8) is 0 Å². The van der Waals surface area contributed by atoms with Gasteiger partial charge in [0.25, 0.3) is 0 Å². The van der Waals surface area contributed by atoms with Gasteiger partial charge < -0.3 is 10.6 Å². The topological polar surface area (TPSA) is 59.2 Å². The molecule has 1 aliphatic carbocycles. The minimum atomic E-state index is 0.138. The fourth-order valence-corrected chi connectivity index (χ4v) is 2.87. The van der Waals surface area contributed by atoms with E-state index in [2.05, 4.69) is 4.98 Å². The Hall–Kier alpha value is -1.42. The molecule has 1 saturated carbocycles. The van der Waals surface area contributed by atoms with E-state index in [9.17, 15) is 4.79 Å². The molecule has 19 heavy (non-hydrogen) atoms. The first-order valence-electron chi connectivity index (χ1n) is 7.07. The molecule has 4 heteroatoms. The van der Waals surface area contributed by atoms with Crippen LogP contribution in [0.2, 0.25) is 0 Å². The van der Waals surface area contributed by atoms with Crippen LogP contribution in [0.15, 0.2) is 24.4 Å². The lowest BCUT2D eigenvalue weighted by molar-refractivity contribution is -0.135. The summed E-state index contributed by atoms with van der Waals surface area (Å²) in [5.74, 6) is 0.771. The summed E-state index contributed by atoms with van der Waals surface area (Å²) in [7, 11) is 1.89. The van der Waals surface area contributed by atoms with Gasteiger partial charge in [-0.2, -0.15) is 0 Å². The molecular weight excluding hydrogens is 238 g/mol. The summed E-state index contributed by atoms with van der Waals surface area (Å²) in [6.45, 7) is 1.36. The van der Waals surface area contributed by atoms with Gasteiger partial charge in [0.2, 0.25) is 5.91 Å². The number of amides is 1. The summed E-state index contributed by atoms with van der Waals surface area (Å²) in [5.41, 5.74) is 6.78. The van der Waals surface area contributed by atoms with Crippen molar-refractivity contribution in [3.8, 4) is 0 Å². The van der Waals surface area contributed by atoms with Gasteiger partial charge in [0.05, 0.1) is 0 Å². The highest BCUT2D eigenvalue weighted by Gasteiger charge is 2.33. The molecule has 0 saturated heterocycles. The number of rotatable bonds is 5. The number of nitrogens with two attached hydrogens (primary N) is 1. The van der Waals surface area contributed by atoms with E-state index in [-0.39, 0.29) is 11.8 Å². The van der Waals surface area contributed by atoms with E-state index >= 15 is 0 Å². The van der Waals surface area contributed by atoms with Crippen LogP contribution in [0.4, 0.5) is 0 Å². The predicted molar refractivity (Wildman–Crippen MR) is 75.5 cm³/mol. The Morgan fingerprint density at radius 3 is 3.00 bits per heavy atom. The molecule has 104 valence electrons. The molecule has 1 amide bonds. The van der Waals surface area contributed by atoms with E-state index < -0.39 is 0 Å². The summed E-state index contributed by atoms with van der Waals surface area (Å²) in [4.78, 5) is 18.5. The first-order chi connectivity index (χ1) is 9.22. The minimum Gasteiger partial charge on any atom is -0.345 e. The van der Waals surface area contributed by atoms with E-state index in [1.54, 1.807) is 6.20 Å². The molecule has 0 bridgehead atoms. The van der Waals surface area contributed by atoms with Crippen molar-refractivity contribution in [2.24, 2.45) is 17.6 Å². The number of carbonyl (C=O) groups is 1. The Morgan fingerprint density at radius 1 is 1.47 bits per heavy atom. The number of hydrogen-bond donors (Lipinski definition) is 1. The van der Waals surface area contributed by atoms with Crippen LogP contribution in [0.25, 0.3) is 0 Å². The smallest absolute Gasteiger partial charge is 0.225 e. The van der Waals surface area contributed by atoms with Gasteiger partial charge in [0.15, 0.2) is 0 Å². The number of hydrogen-bond acceptors (Lipinski definition) is 3. The molecule has 1 aliphatic rings. The number of aromatic nitrogens is 1. The lowest BCUT2D eigenvalue weighted by atomic mass is 9.95. The zero-order valence-corrected chi connectivity index (χ0v) is 11.6. The van der Waals surface area contributed by atoms with Gasteiger partial charge in [0, 0.05) is 37.8 Å². The van der Waals surface area contributed by atoms with Crippen molar-refractivity contribution < 1.29 is 4.79 Å². The second-order valence-corrected chi connectivity index (χ2v) is 5.36. The van der Waals surface area contributed by atoms with Gasteiger partial charge in [-0.25, -0.2) is 0 Å². The quantitative estimate of drug-likeness (QED) is 0.873. The normalized spacial score (nSPS) is 22.4. The van der Waals surface area contributed by atoms with E-state index in [0.29, 0.717) is 12.5 Å². The zero-order chi connectivity index (χ0) is 13.7. The number of carbonyl (C=O) groups excluding carboxylic acids is 1. The first-order valence-corrected chi connectivity index (χ1v) is 7.07. The first kappa shape index (κ1) is 14.0. The largest absolute Gasteiger partial charge is 0.345 e. The van der Waals surface area contributed by atoms with Crippen LogP contribution in [0.5, 0.6) is 0 Å². The third-order valence-electron chi connectivity index (χ3n) is 4.08. The molecular formula is C15H23N3O. The van der Waals surface area contributed by atoms with Gasteiger partial charge in [0.1, 0.15) is 0 Å². The molecule has 0 spiro atoms. The van der Waals surface area contributed by atoms with Gasteiger partial charge in [-0.05, 0) is 37.4 Å². The third-order valence-corrected chi connectivity index (χ3v) is 4.08. The van der Waals surface area contributed by atoms with E-state index in [1.807, 2.05) is 30.1 Å². The van der Waals surface area contributed by atoms with Crippen molar-refractivity contribution in [3.05, 3.63) is 30.1 Å². The van der Waals surface area contributed by atoms with Crippen LogP contribution in [0, 0.1) is 11.8 Å². The molecule has 2 rings (SSSR count). The maximum atomic E-state index is 12.4. The van der Waals surface area contributed by atoms with Gasteiger partial charge in [-0.15, -0.1) is 0 Å².